The summed E-state index contributed by atoms with van der Waals surface area (Å²) >= 11 is 0. The molecule has 2 aromatic rings. The second-order valence-corrected chi connectivity index (χ2v) is 8.04. The zero-order chi connectivity index (χ0) is 18.6. The topological polar surface area (TPSA) is 75.7 Å². The van der Waals surface area contributed by atoms with Gasteiger partial charge in [-0.3, -0.25) is 9.10 Å². The van der Waals surface area contributed by atoms with Crippen LogP contribution in [0.5, 0.6) is 5.75 Å². The van der Waals surface area contributed by atoms with Gasteiger partial charge in [0.05, 0.1) is 23.7 Å². The molecule has 0 aromatic heterocycles. The van der Waals surface area contributed by atoms with Gasteiger partial charge in [0.25, 0.3) is 5.91 Å². The Labute approximate surface area is 153 Å². The average Bonchev–Trinajstić information content (AvgIpc) is 2.63. The summed E-state index contributed by atoms with van der Waals surface area (Å²) in [5.74, 6) is 0.428. The molecule has 0 atom stereocenters. The van der Waals surface area contributed by atoms with Crippen molar-refractivity contribution in [1.82, 2.24) is 0 Å². The maximum absolute atomic E-state index is 12.6. The lowest BCUT2D eigenvalue weighted by Crippen LogP contribution is -2.37. The van der Waals surface area contributed by atoms with E-state index < -0.39 is 10.0 Å². The number of anilines is 2. The number of hydrogen-bond donors (Lipinski definition) is 1. The summed E-state index contributed by atoms with van der Waals surface area (Å²) in [5.41, 5.74) is 1.50. The molecule has 0 aliphatic carbocycles. The summed E-state index contributed by atoms with van der Waals surface area (Å²) in [5, 5.41) is 2.83. The highest BCUT2D eigenvalue weighted by atomic mass is 32.2. The van der Waals surface area contributed by atoms with E-state index in [0.29, 0.717) is 42.3 Å². The third kappa shape index (κ3) is 3.99. The lowest BCUT2D eigenvalue weighted by Gasteiger charge is -2.28. The maximum atomic E-state index is 12.6. The first-order chi connectivity index (χ1) is 12.5. The Morgan fingerprint density at radius 2 is 1.96 bits per heavy atom. The van der Waals surface area contributed by atoms with E-state index in [4.69, 9.17) is 4.74 Å². The first-order valence-electron chi connectivity index (χ1n) is 8.65. The van der Waals surface area contributed by atoms with Crippen molar-refractivity contribution in [2.24, 2.45) is 0 Å². The van der Waals surface area contributed by atoms with Crippen LogP contribution < -0.4 is 14.4 Å². The average molecular weight is 374 g/mol. The highest BCUT2D eigenvalue weighted by Crippen LogP contribution is 2.27. The van der Waals surface area contributed by atoms with Crippen molar-refractivity contribution in [3.8, 4) is 5.75 Å². The second kappa shape index (κ2) is 7.78. The maximum Gasteiger partial charge on any atom is 0.255 e. The van der Waals surface area contributed by atoms with Crippen LogP contribution in [0.4, 0.5) is 11.4 Å². The van der Waals surface area contributed by atoms with Crippen molar-refractivity contribution >= 4 is 27.3 Å². The van der Waals surface area contributed by atoms with Crippen LogP contribution in [-0.2, 0) is 10.0 Å². The summed E-state index contributed by atoms with van der Waals surface area (Å²) < 4.78 is 31.5. The third-order valence-corrected chi connectivity index (χ3v) is 6.05. The van der Waals surface area contributed by atoms with Crippen LogP contribution in [0.1, 0.15) is 30.1 Å². The molecule has 1 aliphatic heterocycles. The van der Waals surface area contributed by atoms with Crippen LogP contribution in [0.15, 0.2) is 48.5 Å². The minimum absolute atomic E-state index is 0.144. The van der Waals surface area contributed by atoms with Gasteiger partial charge < -0.3 is 10.1 Å². The number of nitrogens with zero attached hydrogens (tertiary/aromatic N) is 1. The molecule has 1 N–H and O–H groups in total. The molecule has 2 aromatic carbocycles. The van der Waals surface area contributed by atoms with Crippen molar-refractivity contribution in [2.75, 3.05) is 28.5 Å². The molecule has 1 fully saturated rings. The number of ether oxygens (including phenoxy) is 1. The third-order valence-electron chi connectivity index (χ3n) is 4.18. The normalized spacial score (nSPS) is 16.1. The van der Waals surface area contributed by atoms with E-state index in [1.807, 2.05) is 19.1 Å². The molecule has 1 saturated heterocycles. The Bertz CT molecular complexity index is 896. The van der Waals surface area contributed by atoms with Crippen LogP contribution in [0.25, 0.3) is 0 Å². The van der Waals surface area contributed by atoms with Gasteiger partial charge in [-0.25, -0.2) is 8.42 Å². The number of benzene rings is 2. The molecule has 3 rings (SSSR count). The van der Waals surface area contributed by atoms with E-state index in [1.54, 1.807) is 36.4 Å². The monoisotopic (exact) mass is 374 g/mol. The van der Waals surface area contributed by atoms with E-state index in [9.17, 15) is 13.2 Å². The van der Waals surface area contributed by atoms with E-state index in [-0.39, 0.29) is 11.7 Å². The van der Waals surface area contributed by atoms with Crippen LogP contribution in [0.3, 0.4) is 0 Å². The molecule has 138 valence electrons. The molecule has 26 heavy (non-hydrogen) atoms. The van der Waals surface area contributed by atoms with E-state index in [2.05, 4.69) is 5.32 Å². The van der Waals surface area contributed by atoms with E-state index >= 15 is 0 Å². The lowest BCUT2D eigenvalue weighted by molar-refractivity contribution is 0.102. The molecular formula is C19H22N2O4S. The summed E-state index contributed by atoms with van der Waals surface area (Å²) in [7, 11) is -3.31. The van der Waals surface area contributed by atoms with Gasteiger partial charge in [-0.2, -0.15) is 0 Å². The van der Waals surface area contributed by atoms with Crippen molar-refractivity contribution in [2.45, 2.75) is 19.8 Å². The highest BCUT2D eigenvalue weighted by molar-refractivity contribution is 7.92. The van der Waals surface area contributed by atoms with Crippen molar-refractivity contribution in [3.05, 3.63) is 54.1 Å². The van der Waals surface area contributed by atoms with Crippen LogP contribution in [0.2, 0.25) is 0 Å². The fourth-order valence-corrected chi connectivity index (χ4v) is 4.56. The van der Waals surface area contributed by atoms with Crippen LogP contribution in [0, 0.1) is 0 Å². The zero-order valence-electron chi connectivity index (χ0n) is 14.6. The molecule has 0 bridgehead atoms. The molecule has 0 radical (unpaired) electrons. The minimum atomic E-state index is -3.31. The second-order valence-electron chi connectivity index (χ2n) is 6.03. The molecule has 1 aliphatic rings. The first kappa shape index (κ1) is 18.3. The van der Waals surface area contributed by atoms with Crippen molar-refractivity contribution < 1.29 is 17.9 Å². The summed E-state index contributed by atoms with van der Waals surface area (Å²) in [6.45, 7) is 2.82. The van der Waals surface area contributed by atoms with Gasteiger partial charge >= 0.3 is 0 Å². The fourth-order valence-electron chi connectivity index (χ4n) is 2.93. The number of carbonyl (C=O) groups is 1. The number of para-hydroxylation sites is 2. The van der Waals surface area contributed by atoms with Crippen molar-refractivity contribution in [3.63, 3.8) is 0 Å². The fraction of sp³-hybridized carbons (Fsp3) is 0.316. The SMILES string of the molecule is CCOc1ccccc1NC(=O)c1cccc(N2CCCCS2(=O)=O)c1. The minimum Gasteiger partial charge on any atom is -0.492 e. The number of nitrogens with one attached hydrogen (secondary N) is 1. The zero-order valence-corrected chi connectivity index (χ0v) is 15.5. The Hall–Kier alpha value is -2.54. The lowest BCUT2D eigenvalue weighted by atomic mass is 10.1. The molecule has 0 spiro atoms. The van der Waals surface area contributed by atoms with E-state index in [0.717, 1.165) is 6.42 Å². The predicted molar refractivity (Wildman–Crippen MR) is 102 cm³/mol. The summed E-state index contributed by atoms with van der Waals surface area (Å²) in [6, 6.07) is 13.9. The standard InChI is InChI=1S/C19H22N2O4S/c1-2-25-18-11-4-3-10-17(18)20-19(22)15-8-7-9-16(14-15)21-12-5-6-13-26(21,23)24/h3-4,7-11,14H,2,5-6,12-13H2,1H3,(H,20,22). The van der Waals surface area contributed by atoms with Gasteiger partial charge in [-0.15, -0.1) is 0 Å². The highest BCUT2D eigenvalue weighted by Gasteiger charge is 2.26. The van der Waals surface area contributed by atoms with Gasteiger partial charge in [0, 0.05) is 12.1 Å². The molecule has 1 amide bonds. The van der Waals surface area contributed by atoms with Gasteiger partial charge in [-0.05, 0) is 50.1 Å². The van der Waals surface area contributed by atoms with Crippen LogP contribution >= 0.6 is 0 Å². The van der Waals surface area contributed by atoms with Gasteiger partial charge in [-0.1, -0.05) is 18.2 Å². The Morgan fingerprint density at radius 1 is 1.15 bits per heavy atom. The van der Waals surface area contributed by atoms with Crippen molar-refractivity contribution in [1.29, 1.82) is 0 Å². The Morgan fingerprint density at radius 3 is 2.73 bits per heavy atom. The molecule has 6 nitrogen and oxygen atoms in total. The Kier molecular flexibility index (Phi) is 5.46. The number of carbonyl (C=O) groups excluding carboxylic acids is 1. The molecule has 0 saturated carbocycles. The van der Waals surface area contributed by atoms with Gasteiger partial charge in [0.2, 0.25) is 10.0 Å². The Balaban J connectivity index is 1.83. The smallest absolute Gasteiger partial charge is 0.255 e. The molecule has 0 unspecified atom stereocenters. The number of sulfonamides is 1. The molecule has 1 heterocycles. The number of amides is 1. The van der Waals surface area contributed by atoms with Gasteiger partial charge in [0.1, 0.15) is 5.75 Å². The van der Waals surface area contributed by atoms with Gasteiger partial charge in [0.15, 0.2) is 0 Å². The van der Waals surface area contributed by atoms with E-state index in [1.165, 1.54) is 4.31 Å². The molecule has 7 heteroatoms. The number of rotatable bonds is 5. The quantitative estimate of drug-likeness (QED) is 0.871. The molecular weight excluding hydrogens is 352 g/mol. The summed E-state index contributed by atoms with van der Waals surface area (Å²) in [6.07, 6.45) is 1.49. The predicted octanol–water partition coefficient (Wildman–Crippen LogP) is 3.27. The summed E-state index contributed by atoms with van der Waals surface area (Å²) in [4.78, 5) is 12.6. The first-order valence-corrected chi connectivity index (χ1v) is 10.3. The van der Waals surface area contributed by atoms with Crippen LogP contribution in [-0.4, -0.2) is 33.2 Å². The largest absolute Gasteiger partial charge is 0.492 e. The number of hydrogen-bond acceptors (Lipinski definition) is 4.